The average Bonchev–Trinajstić information content (AvgIpc) is 2.50. The molecule has 4 nitrogen and oxygen atoms in total. The first-order valence-electron chi connectivity index (χ1n) is 6.94. The quantitative estimate of drug-likeness (QED) is 0.885. The summed E-state index contributed by atoms with van der Waals surface area (Å²) < 4.78 is 0. The number of hydrogen-bond donors (Lipinski definition) is 2. The van der Waals surface area contributed by atoms with Gasteiger partial charge in [0.2, 0.25) is 0 Å². The standard InChI is InChI=1S/C17H16ClN3O/c1-21(11-14-7-2-4-8-15(14)18)12-17(22)20-16-9-5-3-6-13(16)10-19/h2-9H,11-12H2,1H3,(H,20,22)/p+1. The highest BCUT2D eigenvalue weighted by molar-refractivity contribution is 6.31. The highest BCUT2D eigenvalue weighted by atomic mass is 35.5. The monoisotopic (exact) mass is 314 g/mol. The summed E-state index contributed by atoms with van der Waals surface area (Å²) in [6, 6.07) is 16.6. The minimum absolute atomic E-state index is 0.132. The maximum absolute atomic E-state index is 12.1. The van der Waals surface area contributed by atoms with Crippen LogP contribution in [0, 0.1) is 11.3 Å². The zero-order valence-electron chi connectivity index (χ0n) is 12.3. The van der Waals surface area contributed by atoms with Crippen molar-refractivity contribution in [2.75, 3.05) is 18.9 Å². The van der Waals surface area contributed by atoms with Crippen LogP contribution in [0.25, 0.3) is 0 Å². The second-order valence-electron chi connectivity index (χ2n) is 5.11. The number of carbonyl (C=O) groups is 1. The molecular weight excluding hydrogens is 298 g/mol. The number of halogens is 1. The number of likely N-dealkylation sites (N-methyl/N-ethyl adjacent to an activating group) is 1. The number of nitrogens with one attached hydrogen (secondary N) is 2. The molecule has 1 unspecified atom stereocenters. The number of anilines is 1. The first-order chi connectivity index (χ1) is 10.6. The summed E-state index contributed by atoms with van der Waals surface area (Å²) in [5.74, 6) is -0.132. The van der Waals surface area contributed by atoms with Crippen LogP contribution in [0.4, 0.5) is 5.69 Å². The van der Waals surface area contributed by atoms with Crippen molar-refractivity contribution >= 4 is 23.2 Å². The second kappa shape index (κ2) is 7.60. The van der Waals surface area contributed by atoms with Gasteiger partial charge in [0, 0.05) is 10.6 Å². The molecule has 0 saturated heterocycles. The summed E-state index contributed by atoms with van der Waals surface area (Å²) in [4.78, 5) is 13.1. The van der Waals surface area contributed by atoms with Crippen LogP contribution in [0.3, 0.4) is 0 Å². The van der Waals surface area contributed by atoms with Gasteiger partial charge in [-0.3, -0.25) is 4.79 Å². The van der Waals surface area contributed by atoms with Gasteiger partial charge in [0.25, 0.3) is 5.91 Å². The molecule has 1 amide bonds. The van der Waals surface area contributed by atoms with Gasteiger partial charge in [-0.25, -0.2) is 0 Å². The van der Waals surface area contributed by atoms with E-state index < -0.39 is 0 Å². The first kappa shape index (κ1) is 16.0. The van der Waals surface area contributed by atoms with Crippen LogP contribution in [0.1, 0.15) is 11.1 Å². The van der Waals surface area contributed by atoms with Crippen molar-refractivity contribution < 1.29 is 9.69 Å². The number of rotatable bonds is 5. The number of carbonyl (C=O) groups excluding carboxylic acids is 1. The normalized spacial score (nSPS) is 11.5. The molecule has 0 aromatic heterocycles. The Kier molecular flexibility index (Phi) is 5.54. The second-order valence-corrected chi connectivity index (χ2v) is 5.51. The number of amides is 1. The van der Waals surface area contributed by atoms with Gasteiger partial charge >= 0.3 is 0 Å². The van der Waals surface area contributed by atoms with Crippen LogP contribution < -0.4 is 10.2 Å². The largest absolute Gasteiger partial charge is 0.326 e. The summed E-state index contributed by atoms with van der Waals surface area (Å²) >= 11 is 6.12. The fraction of sp³-hybridized carbons (Fsp3) is 0.176. The van der Waals surface area contributed by atoms with Gasteiger partial charge in [-0.2, -0.15) is 5.26 Å². The summed E-state index contributed by atoms with van der Waals surface area (Å²) in [5.41, 5.74) is 2.01. The van der Waals surface area contributed by atoms with Crippen molar-refractivity contribution in [1.82, 2.24) is 0 Å². The molecule has 2 N–H and O–H groups in total. The summed E-state index contributed by atoms with van der Waals surface area (Å²) in [5, 5.41) is 12.5. The third-order valence-corrected chi connectivity index (χ3v) is 3.60. The van der Waals surface area contributed by atoms with Crippen LogP contribution in [0.15, 0.2) is 48.5 Å². The van der Waals surface area contributed by atoms with Crippen molar-refractivity contribution in [1.29, 1.82) is 5.26 Å². The molecule has 2 aromatic carbocycles. The minimum atomic E-state index is -0.132. The number of para-hydroxylation sites is 1. The Bertz CT molecular complexity index is 709. The maximum atomic E-state index is 12.1. The van der Waals surface area contributed by atoms with E-state index in [1.54, 1.807) is 24.3 Å². The molecule has 112 valence electrons. The van der Waals surface area contributed by atoms with Crippen molar-refractivity contribution in [3.63, 3.8) is 0 Å². The number of nitriles is 1. The third kappa shape index (κ3) is 4.32. The Morgan fingerprint density at radius 3 is 2.64 bits per heavy atom. The fourth-order valence-electron chi connectivity index (χ4n) is 2.19. The molecule has 2 aromatic rings. The Labute approximate surface area is 134 Å². The fourth-order valence-corrected chi connectivity index (χ4v) is 2.39. The summed E-state index contributed by atoms with van der Waals surface area (Å²) in [7, 11) is 1.93. The molecular formula is C17H17ClN3O+. The minimum Gasteiger partial charge on any atom is -0.326 e. The third-order valence-electron chi connectivity index (χ3n) is 3.23. The van der Waals surface area contributed by atoms with Gasteiger partial charge in [0.1, 0.15) is 12.6 Å². The topological polar surface area (TPSA) is 57.3 Å². The Morgan fingerprint density at radius 1 is 1.23 bits per heavy atom. The zero-order chi connectivity index (χ0) is 15.9. The first-order valence-corrected chi connectivity index (χ1v) is 7.31. The molecule has 0 bridgehead atoms. The van der Waals surface area contributed by atoms with E-state index >= 15 is 0 Å². The molecule has 22 heavy (non-hydrogen) atoms. The van der Waals surface area contributed by atoms with Gasteiger partial charge in [-0.1, -0.05) is 41.9 Å². The predicted molar refractivity (Wildman–Crippen MR) is 86.7 cm³/mol. The van der Waals surface area contributed by atoms with Gasteiger partial charge in [-0.05, 0) is 18.2 Å². The molecule has 1 atom stereocenters. The van der Waals surface area contributed by atoms with E-state index in [1.807, 2.05) is 31.3 Å². The lowest BCUT2D eigenvalue weighted by Gasteiger charge is -2.15. The van der Waals surface area contributed by atoms with Crippen molar-refractivity contribution in [2.45, 2.75) is 6.54 Å². The lowest BCUT2D eigenvalue weighted by molar-refractivity contribution is -0.885. The van der Waals surface area contributed by atoms with E-state index in [-0.39, 0.29) is 5.91 Å². The van der Waals surface area contributed by atoms with Crippen LogP contribution in [-0.4, -0.2) is 19.5 Å². The van der Waals surface area contributed by atoms with Crippen LogP contribution >= 0.6 is 11.6 Å². The van der Waals surface area contributed by atoms with E-state index in [0.29, 0.717) is 29.4 Å². The molecule has 2 rings (SSSR count). The average molecular weight is 315 g/mol. The predicted octanol–water partition coefficient (Wildman–Crippen LogP) is 1.87. The molecule has 0 heterocycles. The maximum Gasteiger partial charge on any atom is 0.279 e. The van der Waals surface area contributed by atoms with E-state index in [2.05, 4.69) is 11.4 Å². The van der Waals surface area contributed by atoms with E-state index in [0.717, 1.165) is 10.5 Å². The van der Waals surface area contributed by atoms with Crippen molar-refractivity contribution in [2.24, 2.45) is 0 Å². The molecule has 0 fully saturated rings. The number of hydrogen-bond acceptors (Lipinski definition) is 2. The highest BCUT2D eigenvalue weighted by Gasteiger charge is 2.13. The Balaban J connectivity index is 1.95. The van der Waals surface area contributed by atoms with E-state index in [9.17, 15) is 4.79 Å². The van der Waals surface area contributed by atoms with Gasteiger partial charge < -0.3 is 10.2 Å². The molecule has 0 radical (unpaired) electrons. The van der Waals surface area contributed by atoms with Crippen molar-refractivity contribution in [3.8, 4) is 6.07 Å². The summed E-state index contributed by atoms with van der Waals surface area (Å²) in [6.45, 7) is 0.956. The van der Waals surface area contributed by atoms with Crippen LogP contribution in [0.2, 0.25) is 5.02 Å². The van der Waals surface area contributed by atoms with E-state index in [4.69, 9.17) is 16.9 Å². The number of quaternary nitrogens is 1. The SMILES string of the molecule is C[NH+](CC(=O)Nc1ccccc1C#N)Cc1ccccc1Cl. The van der Waals surface area contributed by atoms with Crippen molar-refractivity contribution in [3.05, 3.63) is 64.7 Å². The highest BCUT2D eigenvalue weighted by Crippen LogP contribution is 2.14. The molecule has 0 saturated carbocycles. The van der Waals surface area contributed by atoms with Gasteiger partial charge in [0.15, 0.2) is 6.54 Å². The van der Waals surface area contributed by atoms with Crippen LogP contribution in [-0.2, 0) is 11.3 Å². The Morgan fingerprint density at radius 2 is 1.91 bits per heavy atom. The zero-order valence-corrected chi connectivity index (χ0v) is 13.0. The van der Waals surface area contributed by atoms with E-state index in [1.165, 1.54) is 0 Å². The molecule has 0 spiro atoms. The molecule has 5 heteroatoms. The molecule has 0 aliphatic rings. The van der Waals surface area contributed by atoms with Gasteiger partial charge in [0.05, 0.1) is 18.3 Å². The smallest absolute Gasteiger partial charge is 0.279 e. The molecule has 0 aliphatic heterocycles. The molecule has 0 aliphatic carbocycles. The Hall–Kier alpha value is -2.35. The van der Waals surface area contributed by atoms with Gasteiger partial charge in [-0.15, -0.1) is 0 Å². The summed E-state index contributed by atoms with van der Waals surface area (Å²) in [6.07, 6.45) is 0. The number of nitrogens with zero attached hydrogens (tertiary/aromatic N) is 1. The number of benzene rings is 2. The van der Waals surface area contributed by atoms with Crippen LogP contribution in [0.5, 0.6) is 0 Å². The lowest BCUT2D eigenvalue weighted by atomic mass is 10.2. The lowest BCUT2D eigenvalue weighted by Crippen LogP contribution is -3.08.